The lowest BCUT2D eigenvalue weighted by atomic mass is 9.91. The van der Waals surface area contributed by atoms with Crippen molar-refractivity contribution in [1.82, 2.24) is 30.1 Å². The molecule has 2 amide bonds. The monoisotopic (exact) mass is 681 g/mol. The Balaban J connectivity index is 0.747. The van der Waals surface area contributed by atoms with E-state index in [1.54, 1.807) is 6.20 Å². The number of piperidine rings is 2. The summed E-state index contributed by atoms with van der Waals surface area (Å²) in [5.74, 6) is 0.997. The number of aromatic nitrogens is 3. The van der Waals surface area contributed by atoms with Crippen molar-refractivity contribution in [2.45, 2.75) is 56.7 Å². The van der Waals surface area contributed by atoms with Crippen LogP contribution in [0.25, 0.3) is 22.2 Å². The lowest BCUT2D eigenvalue weighted by Gasteiger charge is -2.48. The quantitative estimate of drug-likeness (QED) is 0.172. The maximum absolute atomic E-state index is 12.1. The molecule has 12 heteroatoms. The molecule has 0 bridgehead atoms. The SMILES string of the molecule is O=C1CCC(Nc2ccc(N3CC(N4CCC(CCN5CCC(Nc6ncc(Cl)c(-c7c[nH]c8ccccc78)n6)C5)CC4)C3)cc2)C(=O)N1. The fourth-order valence-corrected chi connectivity index (χ4v) is 8.09. The highest BCUT2D eigenvalue weighted by Gasteiger charge is 2.34. The van der Waals surface area contributed by atoms with Crippen LogP contribution >= 0.6 is 11.6 Å². The van der Waals surface area contributed by atoms with E-state index in [2.05, 4.69) is 64.9 Å². The normalized spacial score (nSPS) is 22.8. The number of rotatable bonds is 10. The molecule has 8 rings (SSSR count). The summed E-state index contributed by atoms with van der Waals surface area (Å²) in [5.41, 5.74) is 4.94. The maximum atomic E-state index is 12.1. The molecular formula is C37H44ClN9O2. The standard InChI is InChI=1S/C37H44ClN9O2/c38-31-20-40-37(44-35(31)30-19-39-32-4-2-1-3-29(30)32)42-26-14-16-45(21-26)15-11-24-12-17-46(18-13-24)28-22-47(23-28)27-7-5-25(6-8-27)41-33-9-10-34(48)43-36(33)49/h1-8,19-20,24,26,28,33,39,41H,9-18,21-23H2,(H,40,42,44)(H,43,48,49). The first-order chi connectivity index (χ1) is 23.9. The number of nitrogens with one attached hydrogen (secondary N) is 4. The van der Waals surface area contributed by atoms with Crippen molar-refractivity contribution in [2.24, 2.45) is 5.92 Å². The Labute approximate surface area is 291 Å². The van der Waals surface area contributed by atoms with Crippen LogP contribution in [0.15, 0.2) is 60.9 Å². The van der Waals surface area contributed by atoms with E-state index < -0.39 is 0 Å². The van der Waals surface area contributed by atoms with Gasteiger partial charge in [0.05, 0.1) is 16.9 Å². The zero-order chi connectivity index (χ0) is 33.3. The summed E-state index contributed by atoms with van der Waals surface area (Å²) in [7, 11) is 0. The number of H-pyrrole nitrogens is 1. The molecule has 49 heavy (non-hydrogen) atoms. The molecule has 4 fully saturated rings. The number of halogens is 1. The Morgan fingerprint density at radius 1 is 0.918 bits per heavy atom. The van der Waals surface area contributed by atoms with Crippen LogP contribution in [0.4, 0.5) is 17.3 Å². The highest BCUT2D eigenvalue weighted by molar-refractivity contribution is 6.33. The van der Waals surface area contributed by atoms with Crippen LogP contribution in [0.5, 0.6) is 0 Å². The third kappa shape index (κ3) is 7.11. The number of likely N-dealkylation sites (tertiary alicyclic amines) is 2. The van der Waals surface area contributed by atoms with Crippen molar-refractivity contribution < 1.29 is 9.59 Å². The second-order valence-electron chi connectivity index (χ2n) is 14.1. The number of anilines is 3. The van der Waals surface area contributed by atoms with Gasteiger partial charge in [-0.25, -0.2) is 9.97 Å². The molecule has 0 aliphatic carbocycles. The molecule has 6 heterocycles. The molecule has 0 saturated carbocycles. The molecule has 0 radical (unpaired) electrons. The minimum atomic E-state index is -0.356. The van der Waals surface area contributed by atoms with Gasteiger partial charge in [0, 0.05) is 78.7 Å². The molecule has 256 valence electrons. The zero-order valence-electron chi connectivity index (χ0n) is 27.7. The van der Waals surface area contributed by atoms with Crippen molar-refractivity contribution in [1.29, 1.82) is 0 Å². The topological polar surface area (TPSA) is 122 Å². The van der Waals surface area contributed by atoms with Crippen LogP contribution in [-0.4, -0.2) is 101 Å². The van der Waals surface area contributed by atoms with Crippen LogP contribution in [0, 0.1) is 5.92 Å². The fraction of sp³-hybridized carbons (Fsp3) is 0.459. The van der Waals surface area contributed by atoms with E-state index in [1.807, 2.05) is 30.5 Å². The smallest absolute Gasteiger partial charge is 0.249 e. The van der Waals surface area contributed by atoms with Crippen molar-refractivity contribution in [3.63, 3.8) is 0 Å². The van der Waals surface area contributed by atoms with Gasteiger partial charge in [0.1, 0.15) is 6.04 Å². The van der Waals surface area contributed by atoms with Crippen LogP contribution in [-0.2, 0) is 9.59 Å². The first-order valence-corrected chi connectivity index (χ1v) is 18.1. The fourth-order valence-electron chi connectivity index (χ4n) is 7.90. The second kappa shape index (κ2) is 14.0. The molecule has 2 aromatic heterocycles. The number of carbonyl (C=O) groups is 2. The first kappa shape index (κ1) is 32.0. The molecule has 2 aromatic carbocycles. The number of aromatic amines is 1. The number of hydrogen-bond acceptors (Lipinski definition) is 9. The van der Waals surface area contributed by atoms with Crippen LogP contribution < -0.4 is 20.9 Å². The van der Waals surface area contributed by atoms with E-state index in [4.69, 9.17) is 16.6 Å². The second-order valence-corrected chi connectivity index (χ2v) is 14.5. The van der Waals surface area contributed by atoms with Crippen molar-refractivity contribution >= 4 is 51.6 Å². The first-order valence-electron chi connectivity index (χ1n) is 17.7. The predicted octanol–water partition coefficient (Wildman–Crippen LogP) is 4.97. The highest BCUT2D eigenvalue weighted by Crippen LogP contribution is 2.33. The average molecular weight is 682 g/mol. The summed E-state index contributed by atoms with van der Waals surface area (Å²) in [6.45, 7) is 7.77. The van der Waals surface area contributed by atoms with Crippen LogP contribution in [0.3, 0.4) is 0 Å². The van der Waals surface area contributed by atoms with E-state index >= 15 is 0 Å². The number of imide groups is 1. The van der Waals surface area contributed by atoms with Gasteiger partial charge in [-0.05, 0) is 88.0 Å². The van der Waals surface area contributed by atoms with Gasteiger partial charge in [-0.2, -0.15) is 0 Å². The summed E-state index contributed by atoms with van der Waals surface area (Å²) in [5, 5.41) is 10.9. The van der Waals surface area contributed by atoms with Gasteiger partial charge in [-0.1, -0.05) is 29.8 Å². The minimum absolute atomic E-state index is 0.192. The summed E-state index contributed by atoms with van der Waals surface area (Å²) >= 11 is 6.55. The summed E-state index contributed by atoms with van der Waals surface area (Å²) in [6.07, 6.45) is 9.49. The number of para-hydroxylation sites is 1. The number of carbonyl (C=O) groups excluding carboxylic acids is 2. The predicted molar refractivity (Wildman–Crippen MR) is 194 cm³/mol. The van der Waals surface area contributed by atoms with Gasteiger partial charge in [0.15, 0.2) is 0 Å². The van der Waals surface area contributed by atoms with Gasteiger partial charge in [-0.3, -0.25) is 19.8 Å². The number of amides is 2. The van der Waals surface area contributed by atoms with Crippen molar-refractivity contribution in [2.75, 3.05) is 61.3 Å². The molecule has 2 unspecified atom stereocenters. The molecule has 4 aliphatic rings. The Kier molecular flexibility index (Phi) is 9.14. The summed E-state index contributed by atoms with van der Waals surface area (Å²) in [4.78, 5) is 43.8. The third-order valence-electron chi connectivity index (χ3n) is 10.9. The summed E-state index contributed by atoms with van der Waals surface area (Å²) < 4.78 is 0. The highest BCUT2D eigenvalue weighted by atomic mass is 35.5. The molecule has 4 saturated heterocycles. The Bertz CT molecular complexity index is 1800. The van der Waals surface area contributed by atoms with Crippen LogP contribution in [0.2, 0.25) is 5.02 Å². The molecule has 4 aliphatic heterocycles. The minimum Gasteiger partial charge on any atom is -0.374 e. The maximum Gasteiger partial charge on any atom is 0.249 e. The van der Waals surface area contributed by atoms with E-state index in [0.29, 0.717) is 35.9 Å². The van der Waals surface area contributed by atoms with E-state index in [0.717, 1.165) is 72.9 Å². The third-order valence-corrected chi connectivity index (χ3v) is 11.2. The van der Waals surface area contributed by atoms with Gasteiger partial charge in [0.2, 0.25) is 17.8 Å². The number of benzene rings is 2. The van der Waals surface area contributed by atoms with Gasteiger partial charge < -0.3 is 25.4 Å². The largest absolute Gasteiger partial charge is 0.374 e. The number of fused-ring (bicyclic) bond motifs is 1. The van der Waals surface area contributed by atoms with E-state index in [1.165, 1.54) is 38.0 Å². The number of hydrogen-bond donors (Lipinski definition) is 4. The Morgan fingerprint density at radius 3 is 2.55 bits per heavy atom. The van der Waals surface area contributed by atoms with Gasteiger partial charge >= 0.3 is 0 Å². The van der Waals surface area contributed by atoms with E-state index in [9.17, 15) is 9.59 Å². The summed E-state index contributed by atoms with van der Waals surface area (Å²) in [6, 6.07) is 17.1. The molecular weight excluding hydrogens is 638 g/mol. The molecule has 4 aromatic rings. The van der Waals surface area contributed by atoms with Gasteiger partial charge in [0.25, 0.3) is 0 Å². The molecule has 2 atom stereocenters. The lowest BCUT2D eigenvalue weighted by molar-refractivity contribution is -0.133. The van der Waals surface area contributed by atoms with E-state index in [-0.39, 0.29) is 17.9 Å². The number of nitrogens with zero attached hydrogens (tertiary/aromatic N) is 5. The van der Waals surface area contributed by atoms with Crippen LogP contribution in [0.1, 0.15) is 38.5 Å². The van der Waals surface area contributed by atoms with Gasteiger partial charge in [-0.15, -0.1) is 0 Å². The molecule has 0 spiro atoms. The van der Waals surface area contributed by atoms with Crippen molar-refractivity contribution in [3.8, 4) is 11.3 Å². The average Bonchev–Trinajstić information content (AvgIpc) is 3.73. The zero-order valence-corrected chi connectivity index (χ0v) is 28.5. The van der Waals surface area contributed by atoms with Crippen molar-refractivity contribution in [3.05, 3.63) is 65.9 Å². The Morgan fingerprint density at radius 2 is 1.73 bits per heavy atom. The lowest BCUT2D eigenvalue weighted by Crippen LogP contribution is -2.61. The Hall–Kier alpha value is -4.19. The molecule has 11 nitrogen and oxygen atoms in total. The molecule has 4 N–H and O–H groups in total.